The highest BCUT2D eigenvalue weighted by Crippen LogP contribution is 2.33. The number of aromatic nitrogens is 1. The fourth-order valence-corrected chi connectivity index (χ4v) is 4.29. The molecule has 1 N–H and O–H groups in total. The van der Waals surface area contributed by atoms with Gasteiger partial charge in [0.1, 0.15) is 5.75 Å². The van der Waals surface area contributed by atoms with E-state index in [0.717, 1.165) is 46.8 Å². The lowest BCUT2D eigenvalue weighted by Gasteiger charge is -2.22. The molecule has 1 aliphatic carbocycles. The Labute approximate surface area is 172 Å². The average molecular weight is 389 g/mol. The zero-order valence-electron chi connectivity index (χ0n) is 17.2. The number of nitrogens with zero attached hydrogens (tertiary/aromatic N) is 1. The Kier molecular flexibility index (Phi) is 5.70. The van der Waals surface area contributed by atoms with Gasteiger partial charge in [0.2, 0.25) is 0 Å². The van der Waals surface area contributed by atoms with E-state index in [9.17, 15) is 4.79 Å². The van der Waals surface area contributed by atoms with Gasteiger partial charge in [-0.15, -0.1) is 0 Å². The molecule has 2 aromatic carbocycles. The molecule has 0 aliphatic heterocycles. The molecule has 0 unspecified atom stereocenters. The number of hydrogen-bond acceptors (Lipinski definition) is 2. The molecule has 4 rings (SSSR count). The molecule has 3 aromatic rings. The molecule has 0 bridgehead atoms. The van der Waals surface area contributed by atoms with E-state index in [1.165, 1.54) is 19.3 Å². The van der Waals surface area contributed by atoms with E-state index in [-0.39, 0.29) is 11.9 Å². The monoisotopic (exact) mass is 388 g/mol. The lowest BCUT2D eigenvalue weighted by atomic mass is 9.95. The first-order valence-corrected chi connectivity index (χ1v) is 10.4. The van der Waals surface area contributed by atoms with Crippen molar-refractivity contribution in [1.82, 2.24) is 9.88 Å². The van der Waals surface area contributed by atoms with Gasteiger partial charge in [-0.2, -0.15) is 0 Å². The molecule has 1 aromatic heterocycles. The second-order valence-corrected chi connectivity index (χ2v) is 7.71. The number of rotatable bonds is 5. The Bertz CT molecular complexity index is 985. The van der Waals surface area contributed by atoms with Crippen LogP contribution in [0.4, 0.5) is 0 Å². The quantitative estimate of drug-likeness (QED) is 0.625. The number of hydrogen-bond donors (Lipinski definition) is 1. The molecule has 29 heavy (non-hydrogen) atoms. The molecule has 150 valence electrons. The Morgan fingerprint density at radius 2 is 1.69 bits per heavy atom. The molecule has 4 heteroatoms. The minimum atomic E-state index is 0.0141. The Morgan fingerprint density at radius 1 is 1.00 bits per heavy atom. The van der Waals surface area contributed by atoms with Crippen molar-refractivity contribution in [3.8, 4) is 22.7 Å². The molecule has 1 heterocycles. The van der Waals surface area contributed by atoms with Crippen LogP contribution in [0.2, 0.25) is 0 Å². The van der Waals surface area contributed by atoms with Gasteiger partial charge in [-0.3, -0.25) is 4.79 Å². The molecule has 4 nitrogen and oxygen atoms in total. The minimum Gasteiger partial charge on any atom is -0.495 e. The summed E-state index contributed by atoms with van der Waals surface area (Å²) in [5, 5.41) is 3.26. The molecule has 0 atom stereocenters. The van der Waals surface area contributed by atoms with Gasteiger partial charge in [0.15, 0.2) is 0 Å². The number of para-hydroxylation sites is 2. The van der Waals surface area contributed by atoms with Crippen LogP contribution in [-0.4, -0.2) is 23.6 Å². The van der Waals surface area contributed by atoms with E-state index in [1.54, 1.807) is 7.11 Å². The number of benzene rings is 2. The molecule has 1 amide bonds. The van der Waals surface area contributed by atoms with Crippen LogP contribution in [0.15, 0.2) is 60.7 Å². The van der Waals surface area contributed by atoms with Gasteiger partial charge in [-0.25, -0.2) is 0 Å². The van der Waals surface area contributed by atoms with Crippen molar-refractivity contribution >= 4 is 5.91 Å². The number of ether oxygens (including phenoxy) is 1. The number of carbonyl (C=O) groups excluding carboxylic acids is 1. The first-order chi connectivity index (χ1) is 14.2. The van der Waals surface area contributed by atoms with Gasteiger partial charge < -0.3 is 14.6 Å². The zero-order valence-corrected chi connectivity index (χ0v) is 17.2. The maximum atomic E-state index is 13.2. The molecule has 0 radical (unpaired) electrons. The second kappa shape index (κ2) is 8.56. The largest absolute Gasteiger partial charge is 0.495 e. The number of carbonyl (C=O) groups is 1. The van der Waals surface area contributed by atoms with E-state index >= 15 is 0 Å². The van der Waals surface area contributed by atoms with Gasteiger partial charge >= 0.3 is 0 Å². The van der Waals surface area contributed by atoms with E-state index in [1.807, 2.05) is 55.5 Å². The van der Waals surface area contributed by atoms with Crippen LogP contribution in [0.3, 0.4) is 0 Å². The van der Waals surface area contributed by atoms with Crippen molar-refractivity contribution in [2.75, 3.05) is 7.11 Å². The van der Waals surface area contributed by atoms with E-state index < -0.39 is 0 Å². The summed E-state index contributed by atoms with van der Waals surface area (Å²) in [6.45, 7) is 2.01. The molecule has 1 saturated carbocycles. The lowest BCUT2D eigenvalue weighted by molar-refractivity contribution is 0.0927. The van der Waals surface area contributed by atoms with Crippen LogP contribution in [-0.2, 0) is 0 Å². The summed E-state index contributed by atoms with van der Waals surface area (Å²) in [5.41, 5.74) is 4.63. The first kappa shape index (κ1) is 19.3. The third-order valence-corrected chi connectivity index (χ3v) is 5.83. The van der Waals surface area contributed by atoms with Gasteiger partial charge in [0.05, 0.1) is 24.1 Å². The van der Waals surface area contributed by atoms with Crippen LogP contribution in [0.25, 0.3) is 16.9 Å². The number of amides is 1. The van der Waals surface area contributed by atoms with Crippen LogP contribution in [0.5, 0.6) is 5.75 Å². The van der Waals surface area contributed by atoms with Gasteiger partial charge in [0, 0.05) is 11.7 Å². The Balaban J connectivity index is 1.80. The van der Waals surface area contributed by atoms with Crippen molar-refractivity contribution in [1.29, 1.82) is 0 Å². The lowest BCUT2D eigenvalue weighted by Crippen LogP contribution is -2.36. The number of nitrogens with one attached hydrogen (secondary N) is 1. The Hall–Kier alpha value is -3.01. The fourth-order valence-electron chi connectivity index (χ4n) is 4.29. The first-order valence-electron chi connectivity index (χ1n) is 10.4. The number of methoxy groups -OCH3 is 1. The second-order valence-electron chi connectivity index (χ2n) is 7.71. The van der Waals surface area contributed by atoms with Gasteiger partial charge in [-0.1, -0.05) is 61.7 Å². The van der Waals surface area contributed by atoms with Crippen molar-refractivity contribution in [3.05, 3.63) is 71.9 Å². The van der Waals surface area contributed by atoms with E-state index in [2.05, 4.69) is 22.0 Å². The highest BCUT2D eigenvalue weighted by molar-refractivity contribution is 5.97. The molecule has 1 aliphatic rings. The predicted octanol–water partition coefficient (Wildman–Crippen LogP) is 5.52. The van der Waals surface area contributed by atoms with Crippen LogP contribution >= 0.6 is 0 Å². The summed E-state index contributed by atoms with van der Waals surface area (Å²) in [6.07, 6.45) is 5.81. The van der Waals surface area contributed by atoms with Crippen molar-refractivity contribution < 1.29 is 9.53 Å². The van der Waals surface area contributed by atoms with Crippen LogP contribution in [0.1, 0.15) is 48.2 Å². The van der Waals surface area contributed by atoms with E-state index in [4.69, 9.17) is 4.74 Å². The molecule has 0 saturated heterocycles. The summed E-state index contributed by atoms with van der Waals surface area (Å²) in [4.78, 5) is 13.2. The van der Waals surface area contributed by atoms with Gasteiger partial charge in [0.25, 0.3) is 5.91 Å². The maximum absolute atomic E-state index is 13.2. The van der Waals surface area contributed by atoms with Crippen molar-refractivity contribution in [3.63, 3.8) is 0 Å². The average Bonchev–Trinajstić information content (AvgIpc) is 3.12. The standard InChI is InChI=1S/C25H28N2O2/c1-18-21(25(28)26-20-13-7-4-8-14-20)17-23(19-11-5-3-6-12-19)27(18)22-15-9-10-16-24(22)29-2/h3,5-6,9-12,15-17,20H,4,7-8,13-14H2,1-2H3,(H,26,28). The SMILES string of the molecule is COc1ccccc1-n1c(-c2ccccc2)cc(C(=O)NC2CCCCC2)c1C. The van der Waals surface area contributed by atoms with Crippen molar-refractivity contribution in [2.24, 2.45) is 0 Å². The summed E-state index contributed by atoms with van der Waals surface area (Å²) in [7, 11) is 1.68. The Morgan fingerprint density at radius 3 is 2.41 bits per heavy atom. The topological polar surface area (TPSA) is 43.3 Å². The van der Waals surface area contributed by atoms with Crippen LogP contribution < -0.4 is 10.1 Å². The molecule has 1 fully saturated rings. The molecule has 0 spiro atoms. The normalized spacial score (nSPS) is 14.6. The fraction of sp³-hybridized carbons (Fsp3) is 0.320. The molecular formula is C25H28N2O2. The highest BCUT2D eigenvalue weighted by atomic mass is 16.5. The smallest absolute Gasteiger partial charge is 0.253 e. The summed E-state index contributed by atoms with van der Waals surface area (Å²) in [5.74, 6) is 0.794. The van der Waals surface area contributed by atoms with E-state index in [0.29, 0.717) is 0 Å². The third-order valence-electron chi connectivity index (χ3n) is 5.83. The zero-order chi connectivity index (χ0) is 20.2. The third kappa shape index (κ3) is 3.93. The summed E-state index contributed by atoms with van der Waals surface area (Å²) >= 11 is 0. The predicted molar refractivity (Wildman–Crippen MR) is 117 cm³/mol. The summed E-state index contributed by atoms with van der Waals surface area (Å²) < 4.78 is 7.74. The highest BCUT2D eigenvalue weighted by Gasteiger charge is 2.23. The minimum absolute atomic E-state index is 0.0141. The van der Waals surface area contributed by atoms with Crippen LogP contribution in [0, 0.1) is 6.92 Å². The molecular weight excluding hydrogens is 360 g/mol. The maximum Gasteiger partial charge on any atom is 0.253 e. The van der Waals surface area contributed by atoms with Gasteiger partial charge in [-0.05, 0) is 43.5 Å². The summed E-state index contributed by atoms with van der Waals surface area (Å²) in [6, 6.07) is 20.4. The van der Waals surface area contributed by atoms with Crippen molar-refractivity contribution in [2.45, 2.75) is 45.1 Å².